The van der Waals surface area contributed by atoms with E-state index in [1.807, 2.05) is 9.97 Å². The molecular weight excluding hydrogens is 215 g/mol. The number of aromatic amines is 2. The summed E-state index contributed by atoms with van der Waals surface area (Å²) in [6.45, 7) is 0. The van der Waals surface area contributed by atoms with Crippen LogP contribution in [0.1, 0.15) is 0 Å². The number of nitrogens with one attached hydrogen (secondary N) is 2. The molecule has 0 aliphatic heterocycles. The minimum atomic E-state index is -0.817. The highest BCUT2D eigenvalue weighted by Gasteiger charge is 2.11. The lowest BCUT2D eigenvalue weighted by Gasteiger charge is -2.02. The van der Waals surface area contributed by atoms with Crippen molar-refractivity contribution in [2.45, 2.75) is 0 Å². The lowest BCUT2D eigenvalue weighted by Crippen LogP contribution is -2.23. The van der Waals surface area contributed by atoms with E-state index in [2.05, 4.69) is 0 Å². The minimum absolute atomic E-state index is 0.167. The van der Waals surface area contributed by atoms with Crippen molar-refractivity contribution in [1.29, 1.82) is 0 Å². The molecule has 0 spiro atoms. The minimum Gasteiger partial charge on any atom is -0.494 e. The topological polar surface area (TPSA) is 85.9 Å². The first kappa shape index (κ1) is 10.2. The molecular formula is C10H7FN2O3. The molecule has 5 nitrogen and oxygen atoms in total. The average Bonchev–Trinajstić information content (AvgIpc) is 2.15. The first-order valence-electron chi connectivity index (χ1n) is 4.39. The zero-order chi connectivity index (χ0) is 11.7. The summed E-state index contributed by atoms with van der Waals surface area (Å²) < 4.78 is 12.9. The van der Waals surface area contributed by atoms with E-state index in [-0.39, 0.29) is 11.1 Å². The van der Waals surface area contributed by atoms with Crippen LogP contribution in [0, 0.1) is 5.82 Å². The number of benzene rings is 1. The van der Waals surface area contributed by atoms with Crippen molar-refractivity contribution in [2.24, 2.45) is 0 Å². The smallest absolute Gasteiger partial charge is 0.328 e. The van der Waals surface area contributed by atoms with Gasteiger partial charge in [-0.15, -0.1) is 0 Å². The molecule has 0 aliphatic carbocycles. The highest BCUT2D eigenvalue weighted by atomic mass is 19.1. The van der Waals surface area contributed by atoms with Crippen LogP contribution >= 0.6 is 0 Å². The second kappa shape index (κ2) is 3.65. The third-order valence-corrected chi connectivity index (χ3v) is 2.04. The second-order valence-electron chi connectivity index (χ2n) is 3.14. The van der Waals surface area contributed by atoms with E-state index >= 15 is 0 Å². The molecule has 1 aromatic carbocycles. The van der Waals surface area contributed by atoms with E-state index in [1.54, 1.807) is 0 Å². The molecule has 0 atom stereocenters. The number of hydrogen-bond donors (Lipinski definition) is 3. The molecule has 16 heavy (non-hydrogen) atoms. The van der Waals surface area contributed by atoms with Crippen LogP contribution in [0.25, 0.3) is 11.1 Å². The monoisotopic (exact) mass is 222 g/mol. The predicted molar refractivity (Wildman–Crippen MR) is 54.7 cm³/mol. The summed E-state index contributed by atoms with van der Waals surface area (Å²) in [5.74, 6) is -1.12. The number of H-pyrrole nitrogens is 2. The highest BCUT2D eigenvalue weighted by molar-refractivity contribution is 5.66. The van der Waals surface area contributed by atoms with Crippen molar-refractivity contribution >= 4 is 0 Å². The first-order chi connectivity index (χ1) is 7.58. The predicted octanol–water partition coefficient (Wildman–Crippen LogP) is 0.575. The fourth-order valence-electron chi connectivity index (χ4n) is 1.39. The van der Waals surface area contributed by atoms with Gasteiger partial charge in [-0.3, -0.25) is 14.8 Å². The number of aromatic hydroxyl groups is 1. The summed E-state index contributed by atoms with van der Waals surface area (Å²) in [6, 6.07) is 5.14. The Morgan fingerprint density at radius 3 is 2.56 bits per heavy atom. The average molecular weight is 222 g/mol. The molecule has 3 N–H and O–H groups in total. The number of rotatable bonds is 1. The Bertz CT molecular complexity index is 645. The molecule has 2 rings (SSSR count). The van der Waals surface area contributed by atoms with Gasteiger partial charge in [-0.2, -0.15) is 0 Å². The van der Waals surface area contributed by atoms with Crippen LogP contribution < -0.4 is 11.2 Å². The van der Waals surface area contributed by atoms with E-state index in [1.165, 1.54) is 18.2 Å². The van der Waals surface area contributed by atoms with Gasteiger partial charge in [-0.1, -0.05) is 12.1 Å². The van der Waals surface area contributed by atoms with Gasteiger partial charge in [-0.05, 0) is 17.7 Å². The molecule has 0 bridgehead atoms. The van der Waals surface area contributed by atoms with Gasteiger partial charge in [0.05, 0.1) is 0 Å². The number of aromatic nitrogens is 2. The van der Waals surface area contributed by atoms with Crippen molar-refractivity contribution in [3.63, 3.8) is 0 Å². The zero-order valence-electron chi connectivity index (χ0n) is 7.95. The Labute approximate surface area is 88.2 Å². The summed E-state index contributed by atoms with van der Waals surface area (Å²) in [6.07, 6.45) is 0. The maximum atomic E-state index is 12.9. The van der Waals surface area contributed by atoms with E-state index in [0.29, 0.717) is 0 Å². The van der Waals surface area contributed by atoms with Gasteiger partial charge < -0.3 is 5.11 Å². The third-order valence-electron chi connectivity index (χ3n) is 2.04. The fraction of sp³-hybridized carbons (Fsp3) is 0. The van der Waals surface area contributed by atoms with Gasteiger partial charge in [0, 0.05) is 0 Å². The van der Waals surface area contributed by atoms with Crippen LogP contribution in [0.15, 0.2) is 33.9 Å². The number of halogens is 1. The molecule has 1 aromatic heterocycles. The molecule has 0 fully saturated rings. The van der Waals surface area contributed by atoms with Crippen molar-refractivity contribution in [3.8, 4) is 17.0 Å². The molecule has 0 aliphatic rings. The Kier molecular flexibility index (Phi) is 2.32. The quantitative estimate of drug-likeness (QED) is 0.659. The van der Waals surface area contributed by atoms with Gasteiger partial charge in [0.1, 0.15) is 11.4 Å². The fourth-order valence-corrected chi connectivity index (χ4v) is 1.39. The van der Waals surface area contributed by atoms with E-state index in [9.17, 15) is 19.1 Å². The van der Waals surface area contributed by atoms with Crippen LogP contribution in [0.5, 0.6) is 5.88 Å². The summed E-state index contributed by atoms with van der Waals surface area (Å²) in [7, 11) is 0. The van der Waals surface area contributed by atoms with Crippen LogP contribution in [-0.2, 0) is 0 Å². The Morgan fingerprint density at radius 2 is 1.94 bits per heavy atom. The lowest BCUT2D eigenvalue weighted by molar-refractivity contribution is 0.451. The van der Waals surface area contributed by atoms with Crippen LogP contribution in [-0.4, -0.2) is 15.1 Å². The van der Waals surface area contributed by atoms with Gasteiger partial charge in [-0.25, -0.2) is 9.18 Å². The van der Waals surface area contributed by atoms with Crippen molar-refractivity contribution in [3.05, 3.63) is 50.9 Å². The molecule has 6 heteroatoms. The summed E-state index contributed by atoms with van der Waals surface area (Å²) in [5.41, 5.74) is -1.57. The van der Waals surface area contributed by atoms with Crippen molar-refractivity contribution in [2.75, 3.05) is 0 Å². The third kappa shape index (κ3) is 1.72. The van der Waals surface area contributed by atoms with Crippen LogP contribution in [0.4, 0.5) is 4.39 Å². The summed E-state index contributed by atoms with van der Waals surface area (Å²) >= 11 is 0. The molecule has 1 heterocycles. The number of hydrogen-bond acceptors (Lipinski definition) is 3. The molecule has 2 aromatic rings. The molecule has 0 unspecified atom stereocenters. The maximum Gasteiger partial charge on any atom is 0.328 e. The van der Waals surface area contributed by atoms with E-state index in [0.717, 1.165) is 6.07 Å². The lowest BCUT2D eigenvalue weighted by atomic mass is 10.1. The summed E-state index contributed by atoms with van der Waals surface area (Å²) in [4.78, 5) is 26.2. The normalized spacial score (nSPS) is 10.3. The molecule has 0 amide bonds. The molecule has 0 saturated heterocycles. The van der Waals surface area contributed by atoms with Crippen molar-refractivity contribution < 1.29 is 9.50 Å². The maximum absolute atomic E-state index is 12.9. The molecule has 0 radical (unpaired) electrons. The van der Waals surface area contributed by atoms with Gasteiger partial charge in [0.25, 0.3) is 5.56 Å². The largest absolute Gasteiger partial charge is 0.494 e. The Hall–Kier alpha value is -2.37. The van der Waals surface area contributed by atoms with E-state index in [4.69, 9.17) is 0 Å². The van der Waals surface area contributed by atoms with Gasteiger partial charge >= 0.3 is 5.69 Å². The van der Waals surface area contributed by atoms with Crippen molar-refractivity contribution in [1.82, 2.24) is 9.97 Å². The molecule has 82 valence electrons. The summed E-state index contributed by atoms with van der Waals surface area (Å²) in [5, 5.41) is 9.42. The highest BCUT2D eigenvalue weighted by Crippen LogP contribution is 2.22. The van der Waals surface area contributed by atoms with Crippen LogP contribution in [0.3, 0.4) is 0 Å². The Balaban J connectivity index is 2.74. The Morgan fingerprint density at radius 1 is 1.19 bits per heavy atom. The standard InChI is InChI=1S/C10H7FN2O3/c11-6-3-1-2-5(4-6)7-8(14)12-10(16)13-9(7)15/h1-4H,(H3,12,13,14,15,16). The molecule has 0 saturated carbocycles. The zero-order valence-corrected chi connectivity index (χ0v) is 7.95. The first-order valence-corrected chi connectivity index (χ1v) is 4.39. The SMILES string of the molecule is O=c1[nH]c(O)c(-c2cccc(F)c2)c(=O)[nH]1. The van der Waals surface area contributed by atoms with Crippen LogP contribution in [0.2, 0.25) is 0 Å². The van der Waals surface area contributed by atoms with E-state index < -0.39 is 22.9 Å². The second-order valence-corrected chi connectivity index (χ2v) is 3.14. The van der Waals surface area contributed by atoms with Gasteiger partial charge in [0.15, 0.2) is 0 Å². The van der Waals surface area contributed by atoms with Gasteiger partial charge in [0.2, 0.25) is 5.88 Å².